The molecule has 1 unspecified atom stereocenters. The van der Waals surface area contributed by atoms with Crippen LogP contribution in [0.25, 0.3) is 0 Å². The van der Waals surface area contributed by atoms with Crippen LogP contribution in [0.4, 0.5) is 0 Å². The molecule has 0 radical (unpaired) electrons. The Morgan fingerprint density at radius 2 is 1.67 bits per heavy atom. The molecule has 1 rings (SSSR count). The summed E-state index contributed by atoms with van der Waals surface area (Å²) in [4.78, 5) is 0.329. The minimum absolute atomic E-state index is 0.101. The Kier molecular flexibility index (Phi) is 4.56. The standard InChI is InChI=1S/C14H23NO2S/c1-6-12-7-9-13(10-8-12)18(16,17)15-11(2)14(3,4)5/h7-11,15H,6H2,1-5H3. The summed E-state index contributed by atoms with van der Waals surface area (Å²) in [6.07, 6.45) is 0.909. The highest BCUT2D eigenvalue weighted by atomic mass is 32.2. The highest BCUT2D eigenvalue weighted by Gasteiger charge is 2.25. The average molecular weight is 269 g/mol. The molecule has 1 aromatic carbocycles. The SMILES string of the molecule is CCc1ccc(S(=O)(=O)NC(C)C(C)(C)C)cc1. The Bertz CT molecular complexity index is 484. The van der Waals surface area contributed by atoms with E-state index in [9.17, 15) is 8.42 Å². The topological polar surface area (TPSA) is 46.2 Å². The van der Waals surface area contributed by atoms with Crippen LogP contribution in [0.1, 0.15) is 40.2 Å². The second-order valence-corrected chi connectivity index (χ2v) is 7.42. The zero-order chi connectivity index (χ0) is 14.0. The largest absolute Gasteiger partial charge is 0.240 e. The van der Waals surface area contributed by atoms with E-state index < -0.39 is 10.0 Å². The molecule has 0 fully saturated rings. The third-order valence-corrected chi connectivity index (χ3v) is 4.83. The maximum absolute atomic E-state index is 12.2. The van der Waals surface area contributed by atoms with Crippen LogP contribution in [0.3, 0.4) is 0 Å². The van der Waals surface area contributed by atoms with Gasteiger partial charge in [0.25, 0.3) is 0 Å². The van der Waals surface area contributed by atoms with E-state index >= 15 is 0 Å². The van der Waals surface area contributed by atoms with Gasteiger partial charge in [-0.1, -0.05) is 39.8 Å². The lowest BCUT2D eigenvalue weighted by Crippen LogP contribution is -2.41. The van der Waals surface area contributed by atoms with Gasteiger partial charge in [0, 0.05) is 6.04 Å². The molecule has 18 heavy (non-hydrogen) atoms. The van der Waals surface area contributed by atoms with E-state index in [0.29, 0.717) is 4.90 Å². The van der Waals surface area contributed by atoms with Crippen LogP contribution in [0, 0.1) is 5.41 Å². The van der Waals surface area contributed by atoms with Gasteiger partial charge < -0.3 is 0 Å². The van der Waals surface area contributed by atoms with Crippen LogP contribution in [0.2, 0.25) is 0 Å². The van der Waals surface area contributed by atoms with E-state index in [1.165, 1.54) is 0 Å². The average Bonchev–Trinajstić information content (AvgIpc) is 2.27. The molecule has 0 saturated carbocycles. The van der Waals surface area contributed by atoms with Gasteiger partial charge in [0.1, 0.15) is 0 Å². The van der Waals surface area contributed by atoms with E-state index in [1.54, 1.807) is 12.1 Å². The summed E-state index contributed by atoms with van der Waals surface area (Å²) < 4.78 is 27.1. The van der Waals surface area contributed by atoms with Crippen LogP contribution < -0.4 is 4.72 Å². The summed E-state index contributed by atoms with van der Waals surface area (Å²) in [5.41, 5.74) is 1.04. The highest BCUT2D eigenvalue weighted by Crippen LogP contribution is 2.21. The van der Waals surface area contributed by atoms with Gasteiger partial charge in [0.2, 0.25) is 10.0 Å². The van der Waals surface area contributed by atoms with E-state index in [4.69, 9.17) is 0 Å². The van der Waals surface area contributed by atoms with Crippen molar-refractivity contribution in [2.75, 3.05) is 0 Å². The fourth-order valence-corrected chi connectivity index (χ4v) is 2.83. The van der Waals surface area contributed by atoms with Gasteiger partial charge in [-0.05, 0) is 36.5 Å². The van der Waals surface area contributed by atoms with Gasteiger partial charge in [-0.2, -0.15) is 0 Å². The summed E-state index contributed by atoms with van der Waals surface area (Å²) in [6.45, 7) is 9.97. The Balaban J connectivity index is 2.93. The molecular weight excluding hydrogens is 246 g/mol. The van der Waals surface area contributed by atoms with Crippen molar-refractivity contribution in [3.05, 3.63) is 29.8 Å². The van der Waals surface area contributed by atoms with Crippen LogP contribution in [-0.4, -0.2) is 14.5 Å². The van der Waals surface area contributed by atoms with Crippen LogP contribution in [0.5, 0.6) is 0 Å². The number of aryl methyl sites for hydroxylation is 1. The van der Waals surface area contributed by atoms with E-state index in [0.717, 1.165) is 12.0 Å². The Labute approximate surface area is 111 Å². The maximum Gasteiger partial charge on any atom is 0.240 e. The predicted molar refractivity (Wildman–Crippen MR) is 75.1 cm³/mol. The fourth-order valence-electron chi connectivity index (χ4n) is 1.38. The first-order valence-corrected chi connectivity index (χ1v) is 7.76. The molecule has 0 aliphatic heterocycles. The van der Waals surface area contributed by atoms with Gasteiger partial charge in [0.05, 0.1) is 4.90 Å². The van der Waals surface area contributed by atoms with Crippen molar-refractivity contribution >= 4 is 10.0 Å². The molecule has 0 aromatic heterocycles. The highest BCUT2D eigenvalue weighted by molar-refractivity contribution is 7.89. The molecule has 0 amide bonds. The van der Waals surface area contributed by atoms with Crippen LogP contribution >= 0.6 is 0 Å². The molecule has 3 nitrogen and oxygen atoms in total. The van der Waals surface area contributed by atoms with Crippen molar-refractivity contribution in [1.82, 2.24) is 4.72 Å². The van der Waals surface area contributed by atoms with Crippen molar-refractivity contribution in [2.45, 2.75) is 52.0 Å². The van der Waals surface area contributed by atoms with E-state index in [-0.39, 0.29) is 11.5 Å². The molecule has 102 valence electrons. The Morgan fingerprint density at radius 3 is 2.06 bits per heavy atom. The number of nitrogens with one attached hydrogen (secondary N) is 1. The van der Waals surface area contributed by atoms with E-state index in [1.807, 2.05) is 46.8 Å². The second kappa shape index (κ2) is 5.41. The Morgan fingerprint density at radius 1 is 1.17 bits per heavy atom. The molecule has 1 N–H and O–H groups in total. The first kappa shape index (κ1) is 15.2. The normalized spacial score (nSPS) is 14.5. The predicted octanol–water partition coefficient (Wildman–Crippen LogP) is 2.96. The first-order valence-electron chi connectivity index (χ1n) is 6.28. The molecule has 0 saturated heterocycles. The summed E-state index contributed by atoms with van der Waals surface area (Å²) in [5.74, 6) is 0. The number of rotatable bonds is 4. The summed E-state index contributed by atoms with van der Waals surface area (Å²) >= 11 is 0. The maximum atomic E-state index is 12.2. The Hall–Kier alpha value is -0.870. The smallest absolute Gasteiger partial charge is 0.208 e. The molecule has 4 heteroatoms. The molecular formula is C14H23NO2S. The lowest BCUT2D eigenvalue weighted by molar-refractivity contribution is 0.317. The van der Waals surface area contributed by atoms with Gasteiger partial charge >= 0.3 is 0 Å². The van der Waals surface area contributed by atoms with Crippen molar-refractivity contribution < 1.29 is 8.42 Å². The minimum Gasteiger partial charge on any atom is -0.208 e. The zero-order valence-electron chi connectivity index (χ0n) is 11.8. The molecule has 0 heterocycles. The van der Waals surface area contributed by atoms with Crippen LogP contribution in [-0.2, 0) is 16.4 Å². The lowest BCUT2D eigenvalue weighted by Gasteiger charge is -2.27. The van der Waals surface area contributed by atoms with Crippen molar-refractivity contribution in [1.29, 1.82) is 0 Å². The van der Waals surface area contributed by atoms with Crippen molar-refractivity contribution in [2.24, 2.45) is 5.41 Å². The first-order chi connectivity index (χ1) is 8.16. The second-order valence-electron chi connectivity index (χ2n) is 5.71. The van der Waals surface area contributed by atoms with Gasteiger partial charge in [-0.15, -0.1) is 0 Å². The van der Waals surface area contributed by atoms with Crippen molar-refractivity contribution in [3.8, 4) is 0 Å². The van der Waals surface area contributed by atoms with Gasteiger partial charge in [-0.3, -0.25) is 0 Å². The fraction of sp³-hybridized carbons (Fsp3) is 0.571. The van der Waals surface area contributed by atoms with Gasteiger partial charge in [0.15, 0.2) is 0 Å². The molecule has 0 aliphatic rings. The van der Waals surface area contributed by atoms with E-state index in [2.05, 4.69) is 4.72 Å². The lowest BCUT2D eigenvalue weighted by atomic mass is 9.89. The minimum atomic E-state index is -3.42. The summed E-state index contributed by atoms with van der Waals surface area (Å²) in [7, 11) is -3.42. The number of hydrogen-bond acceptors (Lipinski definition) is 2. The summed E-state index contributed by atoms with van der Waals surface area (Å²) in [6, 6.07) is 6.92. The summed E-state index contributed by atoms with van der Waals surface area (Å²) in [5, 5.41) is 0. The number of benzene rings is 1. The number of hydrogen-bond donors (Lipinski definition) is 1. The molecule has 0 spiro atoms. The van der Waals surface area contributed by atoms with Gasteiger partial charge in [-0.25, -0.2) is 13.1 Å². The number of sulfonamides is 1. The molecule has 1 aromatic rings. The molecule has 0 aliphatic carbocycles. The molecule has 0 bridgehead atoms. The third-order valence-electron chi connectivity index (χ3n) is 3.27. The third kappa shape index (κ3) is 3.82. The monoisotopic (exact) mass is 269 g/mol. The van der Waals surface area contributed by atoms with Crippen LogP contribution in [0.15, 0.2) is 29.2 Å². The molecule has 1 atom stereocenters. The quantitative estimate of drug-likeness (QED) is 0.913. The van der Waals surface area contributed by atoms with Crippen molar-refractivity contribution in [3.63, 3.8) is 0 Å². The zero-order valence-corrected chi connectivity index (χ0v) is 12.6.